The first-order valence-corrected chi connectivity index (χ1v) is 10.8. The van der Waals surface area contributed by atoms with Crippen molar-refractivity contribution in [2.45, 2.75) is 64.6 Å². The minimum atomic E-state index is 0.0469. The maximum atomic E-state index is 10.5. The summed E-state index contributed by atoms with van der Waals surface area (Å²) in [5, 5.41) is 23.7. The van der Waals surface area contributed by atoms with E-state index in [4.69, 9.17) is 11.6 Å². The van der Waals surface area contributed by atoms with Gasteiger partial charge in [0.1, 0.15) is 5.75 Å². The van der Waals surface area contributed by atoms with Crippen molar-refractivity contribution in [3.05, 3.63) is 34.9 Å². The fourth-order valence-corrected chi connectivity index (χ4v) is 4.77. The number of rotatable bonds is 5. The van der Waals surface area contributed by atoms with Gasteiger partial charge in [-0.2, -0.15) is 0 Å². The third-order valence-electron chi connectivity index (χ3n) is 5.67. The molecule has 0 saturated carbocycles. The fourth-order valence-electron chi connectivity index (χ4n) is 4.65. The van der Waals surface area contributed by atoms with E-state index in [-0.39, 0.29) is 16.8 Å². The van der Waals surface area contributed by atoms with Crippen molar-refractivity contribution in [3.63, 3.8) is 0 Å². The summed E-state index contributed by atoms with van der Waals surface area (Å²) < 4.78 is 0. The number of phenolic OH excluding ortho intramolecular Hbond substituents is 1. The number of piperidine rings is 1. The van der Waals surface area contributed by atoms with E-state index < -0.39 is 0 Å². The Morgan fingerprint density at radius 2 is 1.87 bits per heavy atom. The third-order valence-corrected chi connectivity index (χ3v) is 5.78. The quantitative estimate of drug-likeness (QED) is 0.597. The molecule has 3 rings (SSSR count). The molecule has 2 aromatic rings. The molecule has 166 valence electrons. The fraction of sp³-hybridized carbons (Fsp3) is 0.458. The van der Waals surface area contributed by atoms with Crippen molar-refractivity contribution in [1.29, 1.82) is 0 Å². The Morgan fingerprint density at radius 3 is 2.39 bits per heavy atom. The second-order valence-electron chi connectivity index (χ2n) is 9.66. The molecular weight excluding hydrogens is 410 g/mol. The molecule has 6 nitrogen and oxygen atoms in total. The van der Waals surface area contributed by atoms with E-state index in [1.807, 2.05) is 12.1 Å². The Morgan fingerprint density at radius 1 is 1.23 bits per heavy atom. The van der Waals surface area contributed by atoms with Gasteiger partial charge in [-0.05, 0) is 78.5 Å². The molecule has 0 radical (unpaired) electrons. The molecule has 0 unspecified atom stereocenters. The highest BCUT2D eigenvalue weighted by Gasteiger charge is 2.39. The zero-order valence-electron chi connectivity index (χ0n) is 19.2. The lowest BCUT2D eigenvalue weighted by Crippen LogP contribution is -2.62. The van der Waals surface area contributed by atoms with Gasteiger partial charge in [0, 0.05) is 46.4 Å². The first-order chi connectivity index (χ1) is 14.4. The SMILES string of the molecule is C=Nc1cc(O)c(-c2ccc(N(C)C3CC(C)(C)NC(C)(C)C3)nn2)cc1/C=C(\C)Cl. The Kier molecular flexibility index (Phi) is 6.44. The van der Waals surface area contributed by atoms with E-state index in [9.17, 15) is 5.11 Å². The lowest BCUT2D eigenvalue weighted by Gasteiger charge is -2.49. The maximum absolute atomic E-state index is 10.5. The largest absolute Gasteiger partial charge is 0.507 e. The first kappa shape index (κ1) is 23.2. The summed E-state index contributed by atoms with van der Waals surface area (Å²) in [5.74, 6) is 0.881. The smallest absolute Gasteiger partial charge is 0.151 e. The third kappa shape index (κ3) is 5.43. The van der Waals surface area contributed by atoms with Gasteiger partial charge in [0.25, 0.3) is 0 Å². The van der Waals surface area contributed by atoms with Gasteiger partial charge in [0.2, 0.25) is 0 Å². The Bertz CT molecular complexity index is 978. The number of phenols is 1. The first-order valence-electron chi connectivity index (χ1n) is 10.4. The molecule has 1 aliphatic heterocycles. The van der Waals surface area contributed by atoms with Gasteiger partial charge in [-0.1, -0.05) is 11.6 Å². The Hall–Kier alpha value is -2.44. The van der Waals surface area contributed by atoms with Gasteiger partial charge >= 0.3 is 0 Å². The van der Waals surface area contributed by atoms with Crippen LogP contribution in [0.1, 0.15) is 53.0 Å². The topological polar surface area (TPSA) is 73.6 Å². The van der Waals surface area contributed by atoms with Crippen LogP contribution in [0, 0.1) is 0 Å². The molecule has 1 saturated heterocycles. The molecular formula is C24H32ClN5O. The lowest BCUT2D eigenvalue weighted by molar-refractivity contribution is 0.160. The molecule has 1 fully saturated rings. The van der Waals surface area contributed by atoms with Gasteiger partial charge in [-0.3, -0.25) is 4.99 Å². The summed E-state index contributed by atoms with van der Waals surface area (Å²) in [6.07, 6.45) is 3.81. The molecule has 1 aromatic heterocycles. The summed E-state index contributed by atoms with van der Waals surface area (Å²) in [7, 11) is 2.07. The minimum absolute atomic E-state index is 0.0469. The highest BCUT2D eigenvalue weighted by Crippen LogP contribution is 2.37. The van der Waals surface area contributed by atoms with Crippen LogP contribution in [-0.2, 0) is 0 Å². The van der Waals surface area contributed by atoms with E-state index in [0.29, 0.717) is 28.0 Å². The monoisotopic (exact) mass is 441 g/mol. The van der Waals surface area contributed by atoms with Crippen molar-refractivity contribution in [2.75, 3.05) is 11.9 Å². The molecule has 0 aliphatic carbocycles. The van der Waals surface area contributed by atoms with Crippen LogP contribution >= 0.6 is 11.6 Å². The molecule has 0 atom stereocenters. The number of aromatic hydroxyl groups is 1. The van der Waals surface area contributed by atoms with Crippen LogP contribution in [0.25, 0.3) is 17.3 Å². The van der Waals surface area contributed by atoms with Gasteiger partial charge in [0.05, 0.1) is 11.4 Å². The van der Waals surface area contributed by atoms with Crippen molar-refractivity contribution in [2.24, 2.45) is 4.99 Å². The van der Waals surface area contributed by atoms with E-state index >= 15 is 0 Å². The van der Waals surface area contributed by atoms with Crippen LogP contribution in [0.15, 0.2) is 34.3 Å². The number of aliphatic imine (C=N–C) groups is 1. The number of aromatic nitrogens is 2. The molecule has 1 aromatic carbocycles. The number of nitrogens with one attached hydrogen (secondary N) is 1. The molecule has 31 heavy (non-hydrogen) atoms. The zero-order chi connectivity index (χ0) is 23.0. The lowest BCUT2D eigenvalue weighted by atomic mass is 9.79. The van der Waals surface area contributed by atoms with Crippen molar-refractivity contribution in [3.8, 4) is 17.0 Å². The van der Waals surface area contributed by atoms with Crippen LogP contribution < -0.4 is 10.2 Å². The molecule has 0 bridgehead atoms. The number of anilines is 1. The molecule has 0 spiro atoms. The average molecular weight is 442 g/mol. The van der Waals surface area contributed by atoms with Gasteiger partial charge in [0.15, 0.2) is 5.82 Å². The van der Waals surface area contributed by atoms with Crippen LogP contribution in [0.2, 0.25) is 0 Å². The van der Waals surface area contributed by atoms with Crippen molar-refractivity contribution >= 4 is 35.9 Å². The average Bonchev–Trinajstić information content (AvgIpc) is 2.66. The Labute approximate surface area is 190 Å². The van der Waals surface area contributed by atoms with Crippen molar-refractivity contribution in [1.82, 2.24) is 15.5 Å². The number of halogens is 1. The van der Waals surface area contributed by atoms with E-state index in [2.05, 4.69) is 66.9 Å². The molecule has 2 N–H and O–H groups in total. The highest BCUT2D eigenvalue weighted by molar-refractivity contribution is 6.31. The zero-order valence-corrected chi connectivity index (χ0v) is 20.0. The summed E-state index contributed by atoms with van der Waals surface area (Å²) in [6.45, 7) is 14.3. The highest BCUT2D eigenvalue weighted by atomic mass is 35.5. The molecule has 7 heteroatoms. The summed E-state index contributed by atoms with van der Waals surface area (Å²) in [5.41, 5.74) is 2.57. The summed E-state index contributed by atoms with van der Waals surface area (Å²) in [6, 6.07) is 7.55. The molecule has 2 heterocycles. The number of benzene rings is 1. The van der Waals surface area contributed by atoms with Crippen LogP contribution in [0.5, 0.6) is 5.75 Å². The number of nitrogens with zero attached hydrogens (tertiary/aromatic N) is 4. The van der Waals surface area contributed by atoms with Gasteiger partial charge in [-0.25, -0.2) is 0 Å². The predicted octanol–water partition coefficient (Wildman–Crippen LogP) is 5.53. The number of hydrogen-bond acceptors (Lipinski definition) is 6. The maximum Gasteiger partial charge on any atom is 0.151 e. The number of allylic oxidation sites excluding steroid dienone is 1. The molecule has 0 amide bonds. The second kappa shape index (κ2) is 8.60. The minimum Gasteiger partial charge on any atom is -0.507 e. The summed E-state index contributed by atoms with van der Waals surface area (Å²) in [4.78, 5) is 6.18. The molecule has 1 aliphatic rings. The van der Waals surface area contributed by atoms with Gasteiger partial charge < -0.3 is 15.3 Å². The number of hydrogen-bond donors (Lipinski definition) is 2. The van der Waals surface area contributed by atoms with Gasteiger partial charge in [-0.15, -0.1) is 10.2 Å². The van der Waals surface area contributed by atoms with Crippen LogP contribution in [0.3, 0.4) is 0 Å². The summed E-state index contributed by atoms with van der Waals surface area (Å²) >= 11 is 6.05. The van der Waals surface area contributed by atoms with Crippen LogP contribution in [-0.4, -0.2) is 46.2 Å². The van der Waals surface area contributed by atoms with E-state index in [0.717, 1.165) is 24.2 Å². The van der Waals surface area contributed by atoms with Crippen LogP contribution in [0.4, 0.5) is 11.5 Å². The standard InChI is InChI=1S/C24H32ClN5O/c1-15(25)10-16-11-18(21(31)12-20(16)26-6)19-8-9-22(28-27-19)30(7)17-13-23(2,3)29-24(4,5)14-17/h8-12,17,29,31H,6,13-14H2,1-5,7H3/b15-10+. The normalized spacial score (nSPS) is 18.6. The van der Waals surface area contributed by atoms with Crippen molar-refractivity contribution < 1.29 is 5.11 Å². The van der Waals surface area contributed by atoms with E-state index in [1.54, 1.807) is 25.1 Å². The predicted molar refractivity (Wildman–Crippen MR) is 131 cm³/mol. The Balaban J connectivity index is 1.90. The second-order valence-corrected chi connectivity index (χ2v) is 10.3. The van der Waals surface area contributed by atoms with E-state index in [1.165, 1.54) is 0 Å².